The fraction of sp³-hybridized carbons (Fsp3) is 0.714. The van der Waals surface area contributed by atoms with Crippen LogP contribution >= 0.6 is 11.8 Å². The highest BCUT2D eigenvalue weighted by Gasteiger charge is 2.18. The molecule has 2 rings (SSSR count). The lowest BCUT2D eigenvalue weighted by atomic mass is 9.95. The summed E-state index contributed by atoms with van der Waals surface area (Å²) in [7, 11) is 0. The molecule has 0 amide bonds. The van der Waals surface area contributed by atoms with Gasteiger partial charge in [0.1, 0.15) is 11.6 Å². The Balaban J connectivity index is 1.84. The predicted molar refractivity (Wildman–Crippen MR) is 75.9 cm³/mol. The predicted octanol–water partition coefficient (Wildman–Crippen LogP) is 2.94. The summed E-state index contributed by atoms with van der Waals surface area (Å²) in [5, 5.41) is 0. The van der Waals surface area contributed by atoms with E-state index >= 15 is 0 Å². The van der Waals surface area contributed by atoms with Gasteiger partial charge in [0.15, 0.2) is 0 Å². The minimum Gasteiger partial charge on any atom is -0.335 e. The normalized spacial score (nSPS) is 16.9. The van der Waals surface area contributed by atoms with E-state index in [1.807, 2.05) is 18.0 Å². The number of hydrogen-bond acceptors (Lipinski definition) is 3. The van der Waals surface area contributed by atoms with Crippen molar-refractivity contribution in [3.05, 3.63) is 18.2 Å². The van der Waals surface area contributed by atoms with Gasteiger partial charge in [0.2, 0.25) is 0 Å². The third kappa shape index (κ3) is 3.87. The first-order valence-electron chi connectivity index (χ1n) is 6.89. The summed E-state index contributed by atoms with van der Waals surface area (Å²) in [6.45, 7) is 3.11. The van der Waals surface area contributed by atoms with Crippen molar-refractivity contribution in [2.45, 2.75) is 45.6 Å². The number of Topliss-reactive ketones (excluding diaryl/α,β-unsaturated/α-hetero) is 1. The first-order valence-corrected chi connectivity index (χ1v) is 8.04. The zero-order valence-corrected chi connectivity index (χ0v) is 11.9. The van der Waals surface area contributed by atoms with E-state index in [2.05, 4.69) is 16.5 Å². The van der Waals surface area contributed by atoms with Crippen molar-refractivity contribution in [1.29, 1.82) is 0 Å². The van der Waals surface area contributed by atoms with E-state index in [1.165, 1.54) is 24.3 Å². The molecule has 0 atom stereocenters. The number of ketones is 1. The summed E-state index contributed by atoms with van der Waals surface area (Å²) in [4.78, 5) is 16.4. The van der Waals surface area contributed by atoms with E-state index in [1.54, 1.807) is 6.20 Å². The zero-order valence-electron chi connectivity index (χ0n) is 11.1. The molecule has 1 aliphatic heterocycles. The minimum absolute atomic E-state index is 0.357. The van der Waals surface area contributed by atoms with Gasteiger partial charge >= 0.3 is 0 Å². The molecule has 0 aliphatic carbocycles. The van der Waals surface area contributed by atoms with E-state index < -0.39 is 0 Å². The van der Waals surface area contributed by atoms with Crippen molar-refractivity contribution < 1.29 is 4.79 Å². The molecule has 18 heavy (non-hydrogen) atoms. The number of hydrogen-bond donors (Lipinski definition) is 0. The summed E-state index contributed by atoms with van der Waals surface area (Å²) in [5.41, 5.74) is 0. The Kier molecular flexibility index (Phi) is 5.29. The number of rotatable bonds is 6. The van der Waals surface area contributed by atoms with Crippen molar-refractivity contribution in [2.24, 2.45) is 5.92 Å². The van der Waals surface area contributed by atoms with Crippen molar-refractivity contribution in [2.75, 3.05) is 11.5 Å². The Morgan fingerprint density at radius 2 is 2.28 bits per heavy atom. The standard InChI is InChI=1S/C14H22N2OS/c1-2-6-16-7-5-15-14(16)11-13(17)10-12-3-8-18-9-4-12/h5,7,12H,2-4,6,8-11H2,1H3. The number of carbonyl (C=O) groups is 1. The van der Waals surface area contributed by atoms with Gasteiger partial charge in [0, 0.05) is 25.4 Å². The largest absolute Gasteiger partial charge is 0.335 e. The van der Waals surface area contributed by atoms with Gasteiger partial charge in [-0.05, 0) is 36.7 Å². The van der Waals surface area contributed by atoms with Crippen LogP contribution in [-0.2, 0) is 17.8 Å². The van der Waals surface area contributed by atoms with Crippen LogP contribution in [0.2, 0.25) is 0 Å². The Hall–Kier alpha value is -0.770. The molecule has 0 aromatic carbocycles. The monoisotopic (exact) mass is 266 g/mol. The number of thioether (sulfide) groups is 1. The average molecular weight is 266 g/mol. The van der Waals surface area contributed by atoms with Gasteiger partial charge in [0.05, 0.1) is 6.42 Å². The summed E-state index contributed by atoms with van der Waals surface area (Å²) < 4.78 is 2.11. The molecule has 1 aromatic heterocycles. The molecule has 2 heterocycles. The van der Waals surface area contributed by atoms with Crippen molar-refractivity contribution in [3.8, 4) is 0 Å². The highest BCUT2D eigenvalue weighted by Crippen LogP contribution is 2.25. The second kappa shape index (κ2) is 6.98. The Labute approximate surface area is 113 Å². The Bertz CT molecular complexity index is 383. The second-order valence-corrected chi connectivity index (χ2v) is 6.24. The van der Waals surface area contributed by atoms with Crippen LogP contribution in [0.5, 0.6) is 0 Å². The molecule has 0 bridgehead atoms. The summed E-state index contributed by atoms with van der Waals surface area (Å²) in [6, 6.07) is 0. The fourth-order valence-corrected chi connectivity index (χ4v) is 3.68. The number of carbonyl (C=O) groups excluding carboxylic acids is 1. The third-order valence-corrected chi connectivity index (χ3v) is 4.53. The van der Waals surface area contributed by atoms with Gasteiger partial charge in [-0.15, -0.1) is 0 Å². The van der Waals surface area contributed by atoms with E-state index in [0.29, 0.717) is 18.1 Å². The van der Waals surface area contributed by atoms with Crippen molar-refractivity contribution >= 4 is 17.5 Å². The molecule has 0 radical (unpaired) electrons. The van der Waals surface area contributed by atoms with Crippen LogP contribution in [0, 0.1) is 5.92 Å². The lowest BCUT2D eigenvalue weighted by Gasteiger charge is -2.20. The molecule has 1 saturated heterocycles. The smallest absolute Gasteiger partial charge is 0.140 e. The number of aromatic nitrogens is 2. The molecule has 1 fully saturated rings. The Morgan fingerprint density at radius 3 is 3.00 bits per heavy atom. The number of nitrogens with zero attached hydrogens (tertiary/aromatic N) is 2. The van der Waals surface area contributed by atoms with Crippen LogP contribution in [0.25, 0.3) is 0 Å². The minimum atomic E-state index is 0.357. The molecule has 0 unspecified atom stereocenters. The third-order valence-electron chi connectivity index (χ3n) is 3.48. The SMILES string of the molecule is CCCn1ccnc1CC(=O)CC1CCSCC1. The van der Waals surface area contributed by atoms with Gasteiger partial charge in [-0.2, -0.15) is 11.8 Å². The first kappa shape index (κ1) is 13.7. The molecular weight excluding hydrogens is 244 g/mol. The lowest BCUT2D eigenvalue weighted by molar-refractivity contribution is -0.119. The molecule has 1 aliphatic rings. The topological polar surface area (TPSA) is 34.9 Å². The molecule has 100 valence electrons. The van der Waals surface area contributed by atoms with Crippen LogP contribution < -0.4 is 0 Å². The second-order valence-electron chi connectivity index (χ2n) is 5.01. The lowest BCUT2D eigenvalue weighted by Crippen LogP contribution is -2.17. The summed E-state index contributed by atoms with van der Waals surface area (Å²) in [6.07, 6.45) is 8.53. The maximum atomic E-state index is 12.1. The molecule has 4 heteroatoms. The van der Waals surface area contributed by atoms with Crippen molar-refractivity contribution in [3.63, 3.8) is 0 Å². The fourth-order valence-electron chi connectivity index (χ4n) is 2.47. The highest BCUT2D eigenvalue weighted by molar-refractivity contribution is 7.99. The molecule has 3 nitrogen and oxygen atoms in total. The Morgan fingerprint density at radius 1 is 1.50 bits per heavy atom. The average Bonchev–Trinajstić information content (AvgIpc) is 2.78. The maximum absolute atomic E-state index is 12.1. The molecule has 0 N–H and O–H groups in total. The molecular formula is C14H22N2OS. The van der Waals surface area contributed by atoms with E-state index in [-0.39, 0.29) is 0 Å². The van der Waals surface area contributed by atoms with E-state index in [0.717, 1.165) is 25.2 Å². The maximum Gasteiger partial charge on any atom is 0.140 e. The van der Waals surface area contributed by atoms with Crippen molar-refractivity contribution in [1.82, 2.24) is 9.55 Å². The van der Waals surface area contributed by atoms with Gasteiger partial charge in [-0.25, -0.2) is 4.98 Å². The van der Waals surface area contributed by atoms with E-state index in [4.69, 9.17) is 0 Å². The number of imidazole rings is 1. The van der Waals surface area contributed by atoms with Crippen LogP contribution in [0.15, 0.2) is 12.4 Å². The van der Waals surface area contributed by atoms with Gasteiger partial charge in [0.25, 0.3) is 0 Å². The van der Waals surface area contributed by atoms with Crippen LogP contribution in [0.3, 0.4) is 0 Å². The van der Waals surface area contributed by atoms with Gasteiger partial charge in [-0.3, -0.25) is 4.79 Å². The highest BCUT2D eigenvalue weighted by atomic mass is 32.2. The molecule has 0 saturated carbocycles. The molecule has 0 spiro atoms. The van der Waals surface area contributed by atoms with Crippen LogP contribution in [-0.4, -0.2) is 26.8 Å². The molecule has 1 aromatic rings. The summed E-state index contributed by atoms with van der Waals surface area (Å²) in [5.74, 6) is 4.36. The first-order chi connectivity index (χ1) is 8.79. The zero-order chi connectivity index (χ0) is 12.8. The number of aryl methyl sites for hydroxylation is 1. The van der Waals surface area contributed by atoms with Gasteiger partial charge < -0.3 is 4.57 Å². The summed E-state index contributed by atoms with van der Waals surface area (Å²) >= 11 is 2.01. The van der Waals surface area contributed by atoms with Crippen LogP contribution in [0.1, 0.15) is 38.4 Å². The quantitative estimate of drug-likeness (QED) is 0.794. The van der Waals surface area contributed by atoms with E-state index in [9.17, 15) is 4.79 Å². The van der Waals surface area contributed by atoms with Crippen LogP contribution in [0.4, 0.5) is 0 Å². The van der Waals surface area contributed by atoms with Gasteiger partial charge in [-0.1, -0.05) is 6.92 Å².